The van der Waals surface area contributed by atoms with Gasteiger partial charge in [0.05, 0.1) is 0 Å². The van der Waals surface area contributed by atoms with Crippen LogP contribution in [0.15, 0.2) is 0 Å². The Morgan fingerprint density at radius 3 is 2.30 bits per heavy atom. The van der Waals surface area contributed by atoms with Crippen molar-refractivity contribution in [3.63, 3.8) is 0 Å². The number of halogens is 3. The summed E-state index contributed by atoms with van der Waals surface area (Å²) >= 11 is 15.4. The summed E-state index contributed by atoms with van der Waals surface area (Å²) in [6.07, 6.45) is 0. The molecule has 0 aliphatic rings. The number of carbonyl (C=O) groups excluding carboxylic acids is 1. The maximum absolute atomic E-state index is 10.5. The highest BCUT2D eigenvalue weighted by Gasteiger charge is 2.32. The molecule has 0 aliphatic heterocycles. The lowest BCUT2D eigenvalue weighted by atomic mass is 10.7. The lowest BCUT2D eigenvalue weighted by Crippen LogP contribution is -2.24. The zero-order valence-electron chi connectivity index (χ0n) is 4.94. The molecule has 2 N–H and O–H groups in total. The van der Waals surface area contributed by atoms with Gasteiger partial charge in [-0.3, -0.25) is 0 Å². The molecule has 0 amide bonds. The Kier molecular flexibility index (Phi) is 4.36. The van der Waals surface area contributed by atoms with Gasteiger partial charge in [-0.25, -0.2) is 4.79 Å². The van der Waals surface area contributed by atoms with E-state index < -0.39 is 9.76 Å². The molecule has 60 valence electrons. The molecule has 10 heavy (non-hydrogen) atoms. The molecule has 0 aromatic heterocycles. The summed E-state index contributed by atoms with van der Waals surface area (Å²) in [5.41, 5.74) is 5.01. The summed E-state index contributed by atoms with van der Waals surface area (Å²) in [5.74, 6) is -0.900. The normalized spacial score (nSPS) is 11.2. The first-order valence-electron chi connectivity index (χ1n) is 2.42. The summed E-state index contributed by atoms with van der Waals surface area (Å²) in [5, 5.41) is 0. The van der Waals surface area contributed by atoms with Crippen molar-refractivity contribution < 1.29 is 9.53 Å². The van der Waals surface area contributed by atoms with Crippen LogP contribution in [-0.2, 0) is 9.53 Å². The summed E-state index contributed by atoms with van der Waals surface area (Å²) in [7, 11) is 0. The molecule has 0 aromatic rings. The third kappa shape index (κ3) is 4.17. The number of hydrogen-bond acceptors (Lipinski definition) is 3. The molecule has 6 heteroatoms. The van der Waals surface area contributed by atoms with E-state index in [0.29, 0.717) is 0 Å². The molecular formula is C4H6Cl3NO2. The third-order valence-corrected chi connectivity index (χ3v) is 1.05. The average molecular weight is 206 g/mol. The van der Waals surface area contributed by atoms with Crippen LogP contribution in [0.3, 0.4) is 0 Å². The van der Waals surface area contributed by atoms with E-state index in [1.54, 1.807) is 0 Å². The lowest BCUT2D eigenvalue weighted by molar-refractivity contribution is -0.142. The molecule has 0 saturated carbocycles. The minimum absolute atomic E-state index is 0.0622. The molecule has 0 bridgehead atoms. The molecular weight excluding hydrogens is 200 g/mol. The van der Waals surface area contributed by atoms with Gasteiger partial charge < -0.3 is 10.5 Å². The first kappa shape index (κ1) is 10.3. The quantitative estimate of drug-likeness (QED) is 0.538. The molecule has 3 nitrogen and oxygen atoms in total. The van der Waals surface area contributed by atoms with Gasteiger partial charge in [0, 0.05) is 6.54 Å². The lowest BCUT2D eigenvalue weighted by Gasteiger charge is -2.08. The standard InChI is InChI=1S/C4H6Cl3NO2/c5-4(6,7)3(9)10-2-1-8/h1-2,8H2. The predicted molar refractivity (Wildman–Crippen MR) is 40.3 cm³/mol. The van der Waals surface area contributed by atoms with E-state index in [2.05, 4.69) is 4.74 Å². The van der Waals surface area contributed by atoms with Crippen molar-refractivity contribution in [2.45, 2.75) is 3.79 Å². The first-order valence-corrected chi connectivity index (χ1v) is 3.56. The van der Waals surface area contributed by atoms with Gasteiger partial charge in [0.2, 0.25) is 0 Å². The first-order chi connectivity index (χ1) is 4.48. The van der Waals surface area contributed by atoms with Crippen molar-refractivity contribution in [3.05, 3.63) is 0 Å². The van der Waals surface area contributed by atoms with Gasteiger partial charge in [0.15, 0.2) is 0 Å². The van der Waals surface area contributed by atoms with Gasteiger partial charge in [0.1, 0.15) is 6.61 Å². The van der Waals surface area contributed by atoms with Gasteiger partial charge in [-0.15, -0.1) is 0 Å². The van der Waals surface area contributed by atoms with E-state index in [9.17, 15) is 4.79 Å². The Balaban J connectivity index is 3.64. The maximum atomic E-state index is 10.5. The van der Waals surface area contributed by atoms with Crippen LogP contribution in [0.5, 0.6) is 0 Å². The van der Waals surface area contributed by atoms with Gasteiger partial charge in [-0.2, -0.15) is 0 Å². The minimum Gasteiger partial charge on any atom is -0.461 e. The van der Waals surface area contributed by atoms with E-state index in [4.69, 9.17) is 40.5 Å². The van der Waals surface area contributed by atoms with Crippen molar-refractivity contribution in [1.29, 1.82) is 0 Å². The van der Waals surface area contributed by atoms with E-state index in [1.807, 2.05) is 0 Å². The number of alkyl halides is 3. The monoisotopic (exact) mass is 205 g/mol. The molecule has 0 aromatic carbocycles. The zero-order chi connectivity index (χ0) is 8.20. The summed E-state index contributed by atoms with van der Waals surface area (Å²) in [6, 6.07) is 0. The van der Waals surface area contributed by atoms with Gasteiger partial charge in [-0.05, 0) is 0 Å². The van der Waals surface area contributed by atoms with Gasteiger partial charge in [-0.1, -0.05) is 34.8 Å². The van der Waals surface area contributed by atoms with Crippen molar-refractivity contribution in [2.75, 3.05) is 13.2 Å². The van der Waals surface area contributed by atoms with Crippen molar-refractivity contribution >= 4 is 40.8 Å². The van der Waals surface area contributed by atoms with Crippen LogP contribution in [0.1, 0.15) is 0 Å². The number of esters is 1. The second-order valence-corrected chi connectivity index (χ2v) is 3.70. The van der Waals surface area contributed by atoms with Gasteiger partial charge in [0.25, 0.3) is 3.79 Å². The van der Waals surface area contributed by atoms with Crippen LogP contribution >= 0.6 is 34.8 Å². The topological polar surface area (TPSA) is 52.3 Å². The molecule has 0 unspecified atom stereocenters. The minimum atomic E-state index is -1.99. The highest BCUT2D eigenvalue weighted by atomic mass is 35.6. The summed E-state index contributed by atoms with van der Waals surface area (Å²) in [6.45, 7) is 0.277. The van der Waals surface area contributed by atoms with Crippen LogP contribution in [0.4, 0.5) is 0 Å². The van der Waals surface area contributed by atoms with Crippen LogP contribution in [0.2, 0.25) is 0 Å². The van der Waals surface area contributed by atoms with Gasteiger partial charge >= 0.3 is 5.97 Å². The number of nitrogens with two attached hydrogens (primary N) is 1. The fourth-order valence-corrected chi connectivity index (χ4v) is 0.397. The zero-order valence-corrected chi connectivity index (χ0v) is 7.21. The highest BCUT2D eigenvalue weighted by Crippen LogP contribution is 2.27. The predicted octanol–water partition coefficient (Wildman–Crippen LogP) is 0.859. The second kappa shape index (κ2) is 4.23. The second-order valence-electron chi connectivity index (χ2n) is 1.42. The van der Waals surface area contributed by atoms with Crippen LogP contribution in [-0.4, -0.2) is 22.9 Å². The summed E-state index contributed by atoms with van der Waals surface area (Å²) < 4.78 is 2.40. The molecule has 0 radical (unpaired) electrons. The molecule has 0 aliphatic carbocycles. The van der Waals surface area contributed by atoms with E-state index in [1.165, 1.54) is 0 Å². The van der Waals surface area contributed by atoms with Crippen LogP contribution in [0.25, 0.3) is 0 Å². The fourth-order valence-electron chi connectivity index (χ4n) is 0.233. The van der Waals surface area contributed by atoms with E-state index in [-0.39, 0.29) is 13.2 Å². The highest BCUT2D eigenvalue weighted by molar-refractivity contribution is 6.75. The van der Waals surface area contributed by atoms with Crippen LogP contribution < -0.4 is 5.73 Å². The number of ether oxygens (including phenoxy) is 1. The Labute approximate surface area is 73.4 Å². The molecule has 0 fully saturated rings. The summed E-state index contributed by atoms with van der Waals surface area (Å²) in [4.78, 5) is 10.5. The number of carbonyl (C=O) groups is 1. The van der Waals surface area contributed by atoms with E-state index >= 15 is 0 Å². The number of rotatable bonds is 2. The molecule has 0 atom stereocenters. The Morgan fingerprint density at radius 2 is 2.00 bits per heavy atom. The Hall–Kier alpha value is 0.300. The molecule has 0 saturated heterocycles. The van der Waals surface area contributed by atoms with Crippen molar-refractivity contribution in [1.82, 2.24) is 0 Å². The maximum Gasteiger partial charge on any atom is 0.358 e. The molecule has 0 rings (SSSR count). The smallest absolute Gasteiger partial charge is 0.358 e. The van der Waals surface area contributed by atoms with E-state index in [0.717, 1.165) is 0 Å². The largest absolute Gasteiger partial charge is 0.461 e. The third-order valence-electron chi connectivity index (χ3n) is 0.582. The fraction of sp³-hybridized carbons (Fsp3) is 0.750. The van der Waals surface area contributed by atoms with Crippen molar-refractivity contribution in [3.8, 4) is 0 Å². The molecule has 0 spiro atoms. The number of hydrogen-bond donors (Lipinski definition) is 1. The van der Waals surface area contributed by atoms with Crippen molar-refractivity contribution in [2.24, 2.45) is 5.73 Å². The molecule has 0 heterocycles. The SMILES string of the molecule is NCCOC(=O)C(Cl)(Cl)Cl. The average Bonchev–Trinajstić information content (AvgIpc) is 1.80. The Bertz CT molecular complexity index is 122. The van der Waals surface area contributed by atoms with Crippen LogP contribution in [0, 0.1) is 0 Å². The Morgan fingerprint density at radius 1 is 1.50 bits per heavy atom.